The number of hydrogen-bond acceptors (Lipinski definition) is 5. The Balaban J connectivity index is 2.50. The van der Waals surface area contributed by atoms with Crippen LogP contribution in [0.5, 0.6) is 5.88 Å². The maximum Gasteiger partial charge on any atom is 0.407 e. The molecule has 0 atom stereocenters. The number of carbonyl (C=O) groups is 1. The van der Waals surface area contributed by atoms with Crippen molar-refractivity contribution in [2.75, 3.05) is 26.2 Å². The number of alkyl carbamates (subject to hydrolysis) is 1. The molecule has 8 heteroatoms. The quantitative estimate of drug-likeness (QED) is 0.371. The first kappa shape index (κ1) is 21.5. The van der Waals surface area contributed by atoms with Crippen LogP contribution >= 0.6 is 0 Å². The molecule has 0 fully saturated rings. The van der Waals surface area contributed by atoms with E-state index in [0.29, 0.717) is 38.1 Å². The SMILES string of the molecule is CCNC(=NCc1cccnc1OCC)NCCNC(=O)OC(C)(C)C. The van der Waals surface area contributed by atoms with Gasteiger partial charge in [-0.05, 0) is 40.7 Å². The summed E-state index contributed by atoms with van der Waals surface area (Å²) >= 11 is 0. The van der Waals surface area contributed by atoms with E-state index in [2.05, 4.69) is 25.9 Å². The Bertz CT molecular complexity index is 584. The van der Waals surface area contributed by atoms with Crippen LogP contribution in [0.25, 0.3) is 0 Å². The van der Waals surface area contributed by atoms with Gasteiger partial charge in [-0.1, -0.05) is 6.07 Å². The van der Waals surface area contributed by atoms with E-state index in [4.69, 9.17) is 9.47 Å². The number of carbonyl (C=O) groups excluding carboxylic acids is 1. The van der Waals surface area contributed by atoms with E-state index in [-0.39, 0.29) is 0 Å². The van der Waals surface area contributed by atoms with Crippen LogP contribution < -0.4 is 20.7 Å². The van der Waals surface area contributed by atoms with Crippen molar-refractivity contribution in [2.24, 2.45) is 4.99 Å². The molecule has 0 bridgehead atoms. The highest BCUT2D eigenvalue weighted by molar-refractivity contribution is 5.79. The second-order valence-electron chi connectivity index (χ2n) is 6.45. The standard InChI is InChI=1S/C18H31N5O3/c1-6-19-16(21-11-12-22-17(24)26-18(3,4)5)23-13-14-9-8-10-20-15(14)25-7-2/h8-10H,6-7,11-13H2,1-5H3,(H,22,24)(H2,19,21,23). The van der Waals surface area contributed by atoms with Gasteiger partial charge in [-0.2, -0.15) is 0 Å². The summed E-state index contributed by atoms with van der Waals surface area (Å²) in [4.78, 5) is 20.4. The van der Waals surface area contributed by atoms with E-state index < -0.39 is 11.7 Å². The predicted octanol–water partition coefficient (Wildman–Crippen LogP) is 2.06. The topological polar surface area (TPSA) is 96.9 Å². The fraction of sp³-hybridized carbons (Fsp3) is 0.611. The third-order valence-electron chi connectivity index (χ3n) is 2.97. The molecule has 0 saturated heterocycles. The number of pyridine rings is 1. The molecule has 0 aliphatic heterocycles. The Hall–Kier alpha value is -2.51. The predicted molar refractivity (Wildman–Crippen MR) is 102 cm³/mol. The molecule has 1 rings (SSSR count). The number of aromatic nitrogens is 1. The van der Waals surface area contributed by atoms with Crippen LogP contribution in [-0.2, 0) is 11.3 Å². The lowest BCUT2D eigenvalue weighted by molar-refractivity contribution is 0.0529. The third-order valence-corrected chi connectivity index (χ3v) is 2.97. The van der Waals surface area contributed by atoms with Crippen molar-refractivity contribution in [3.63, 3.8) is 0 Å². The van der Waals surface area contributed by atoms with Crippen molar-refractivity contribution in [3.8, 4) is 5.88 Å². The van der Waals surface area contributed by atoms with E-state index in [9.17, 15) is 4.79 Å². The first-order valence-electron chi connectivity index (χ1n) is 8.91. The first-order chi connectivity index (χ1) is 12.4. The second-order valence-corrected chi connectivity index (χ2v) is 6.45. The van der Waals surface area contributed by atoms with Crippen molar-refractivity contribution in [1.29, 1.82) is 0 Å². The molecule has 26 heavy (non-hydrogen) atoms. The van der Waals surface area contributed by atoms with Crippen LogP contribution in [0, 0.1) is 0 Å². The van der Waals surface area contributed by atoms with E-state index >= 15 is 0 Å². The number of nitrogens with zero attached hydrogens (tertiary/aromatic N) is 2. The van der Waals surface area contributed by atoms with Crippen molar-refractivity contribution in [3.05, 3.63) is 23.9 Å². The lowest BCUT2D eigenvalue weighted by Gasteiger charge is -2.20. The molecule has 0 aliphatic rings. The summed E-state index contributed by atoms with van der Waals surface area (Å²) < 4.78 is 10.7. The van der Waals surface area contributed by atoms with Crippen LogP contribution in [0.4, 0.5) is 4.79 Å². The number of ether oxygens (including phenoxy) is 2. The Morgan fingerprint density at radius 3 is 2.58 bits per heavy atom. The van der Waals surface area contributed by atoms with Crippen LogP contribution in [0.15, 0.2) is 23.3 Å². The molecule has 0 saturated carbocycles. The number of amides is 1. The van der Waals surface area contributed by atoms with Crippen LogP contribution in [-0.4, -0.2) is 48.9 Å². The third kappa shape index (κ3) is 9.10. The molecule has 1 amide bonds. The van der Waals surface area contributed by atoms with Crippen molar-refractivity contribution in [2.45, 2.75) is 46.8 Å². The number of hydrogen-bond donors (Lipinski definition) is 3. The highest BCUT2D eigenvalue weighted by Gasteiger charge is 2.15. The minimum absolute atomic E-state index is 0.427. The maximum atomic E-state index is 11.6. The zero-order valence-electron chi connectivity index (χ0n) is 16.4. The summed E-state index contributed by atoms with van der Waals surface area (Å²) in [6.45, 7) is 12.1. The van der Waals surface area contributed by atoms with Gasteiger partial charge < -0.3 is 25.4 Å². The lowest BCUT2D eigenvalue weighted by atomic mass is 10.2. The van der Waals surface area contributed by atoms with Gasteiger partial charge in [0.15, 0.2) is 5.96 Å². The van der Waals surface area contributed by atoms with Gasteiger partial charge in [-0.15, -0.1) is 0 Å². The molecule has 0 unspecified atom stereocenters. The van der Waals surface area contributed by atoms with E-state index in [1.165, 1.54) is 0 Å². The highest BCUT2D eigenvalue weighted by atomic mass is 16.6. The summed E-state index contributed by atoms with van der Waals surface area (Å²) in [6.07, 6.45) is 1.27. The van der Waals surface area contributed by atoms with Crippen LogP contribution in [0.3, 0.4) is 0 Å². The first-order valence-corrected chi connectivity index (χ1v) is 8.91. The molecule has 1 aromatic heterocycles. The molecular formula is C18H31N5O3. The Labute approximate surface area is 155 Å². The monoisotopic (exact) mass is 365 g/mol. The molecule has 0 aromatic carbocycles. The summed E-state index contributed by atoms with van der Waals surface area (Å²) in [5, 5.41) is 9.03. The largest absolute Gasteiger partial charge is 0.478 e. The van der Waals surface area contributed by atoms with Gasteiger partial charge in [0.2, 0.25) is 5.88 Å². The van der Waals surface area contributed by atoms with Gasteiger partial charge in [0, 0.05) is 31.4 Å². The van der Waals surface area contributed by atoms with Gasteiger partial charge in [-0.25, -0.2) is 14.8 Å². The van der Waals surface area contributed by atoms with Crippen molar-refractivity contribution < 1.29 is 14.3 Å². The minimum atomic E-state index is -0.504. The van der Waals surface area contributed by atoms with Gasteiger partial charge >= 0.3 is 6.09 Å². The molecule has 1 heterocycles. The van der Waals surface area contributed by atoms with Crippen molar-refractivity contribution >= 4 is 12.1 Å². The molecule has 0 aliphatic carbocycles. The molecular weight excluding hydrogens is 334 g/mol. The average Bonchev–Trinajstić information content (AvgIpc) is 2.56. The maximum absolute atomic E-state index is 11.6. The molecule has 1 aromatic rings. The lowest BCUT2D eigenvalue weighted by Crippen LogP contribution is -2.42. The van der Waals surface area contributed by atoms with E-state index in [0.717, 1.165) is 12.1 Å². The number of rotatable bonds is 8. The number of guanidine groups is 1. The van der Waals surface area contributed by atoms with Gasteiger partial charge in [0.1, 0.15) is 5.60 Å². The minimum Gasteiger partial charge on any atom is -0.478 e. The Morgan fingerprint density at radius 1 is 1.19 bits per heavy atom. The summed E-state index contributed by atoms with van der Waals surface area (Å²) in [5.74, 6) is 1.26. The normalized spacial score (nSPS) is 11.7. The molecule has 3 N–H and O–H groups in total. The van der Waals surface area contributed by atoms with Gasteiger partial charge in [0.05, 0.1) is 13.2 Å². The Kier molecular flexibility index (Phi) is 9.25. The van der Waals surface area contributed by atoms with Crippen LogP contribution in [0.2, 0.25) is 0 Å². The summed E-state index contributed by atoms with van der Waals surface area (Å²) in [6, 6.07) is 3.80. The zero-order chi connectivity index (χ0) is 19.4. The molecule has 0 radical (unpaired) electrons. The number of nitrogens with one attached hydrogen (secondary N) is 3. The molecule has 8 nitrogen and oxygen atoms in total. The fourth-order valence-corrected chi connectivity index (χ4v) is 1.98. The summed E-state index contributed by atoms with van der Waals surface area (Å²) in [7, 11) is 0. The molecule has 146 valence electrons. The molecule has 0 spiro atoms. The smallest absolute Gasteiger partial charge is 0.407 e. The van der Waals surface area contributed by atoms with E-state index in [1.807, 2.05) is 46.8 Å². The number of aliphatic imine (C=N–C) groups is 1. The summed E-state index contributed by atoms with van der Waals surface area (Å²) in [5.41, 5.74) is 0.411. The second kappa shape index (κ2) is 11.2. The fourth-order valence-electron chi connectivity index (χ4n) is 1.98. The Morgan fingerprint density at radius 2 is 1.92 bits per heavy atom. The average molecular weight is 365 g/mol. The van der Waals surface area contributed by atoms with Crippen LogP contribution in [0.1, 0.15) is 40.2 Å². The van der Waals surface area contributed by atoms with E-state index in [1.54, 1.807) is 6.20 Å². The van der Waals surface area contributed by atoms with Gasteiger partial charge in [0.25, 0.3) is 0 Å². The highest BCUT2D eigenvalue weighted by Crippen LogP contribution is 2.15. The van der Waals surface area contributed by atoms with Gasteiger partial charge in [-0.3, -0.25) is 0 Å². The van der Waals surface area contributed by atoms with Crippen molar-refractivity contribution in [1.82, 2.24) is 20.9 Å². The zero-order valence-corrected chi connectivity index (χ0v) is 16.4.